The second-order valence-corrected chi connectivity index (χ2v) is 7.28. The molecule has 0 radical (unpaired) electrons. The first kappa shape index (κ1) is 14.3. The fourth-order valence-corrected chi connectivity index (χ4v) is 3.88. The molecule has 0 aliphatic heterocycles. The molecule has 1 aromatic carbocycles. The van der Waals surface area contributed by atoms with E-state index in [1.54, 1.807) is 0 Å². The Balaban J connectivity index is 2.06. The lowest BCUT2D eigenvalue weighted by molar-refractivity contribution is -0.127. The van der Waals surface area contributed by atoms with Crippen LogP contribution in [0.1, 0.15) is 33.2 Å². The van der Waals surface area contributed by atoms with E-state index in [2.05, 4.69) is 58.4 Å². The van der Waals surface area contributed by atoms with Gasteiger partial charge in [-0.25, -0.2) is 0 Å². The Morgan fingerprint density at radius 1 is 1.50 bits per heavy atom. The van der Waals surface area contributed by atoms with Gasteiger partial charge in [0.25, 0.3) is 0 Å². The Hall–Kier alpha value is -0.650. The SMILES string of the molecule is CCOC1CC(n2c(=S)[nH]c3ccc(Br)cc32)C1(C)C. The molecule has 1 saturated carbocycles. The normalized spacial score (nSPS) is 24.8. The number of aromatic nitrogens is 2. The van der Waals surface area contributed by atoms with Crippen molar-refractivity contribution < 1.29 is 4.74 Å². The lowest BCUT2D eigenvalue weighted by Crippen LogP contribution is -2.51. The van der Waals surface area contributed by atoms with E-state index < -0.39 is 0 Å². The Morgan fingerprint density at radius 3 is 2.90 bits per heavy atom. The van der Waals surface area contributed by atoms with Crippen molar-refractivity contribution in [3.8, 4) is 0 Å². The molecule has 1 fully saturated rings. The van der Waals surface area contributed by atoms with Crippen molar-refractivity contribution in [2.45, 2.75) is 39.3 Å². The number of imidazole rings is 1. The van der Waals surface area contributed by atoms with Crippen LogP contribution in [0.2, 0.25) is 0 Å². The second-order valence-electron chi connectivity index (χ2n) is 5.98. The average Bonchev–Trinajstić information content (AvgIpc) is 2.70. The Kier molecular flexibility index (Phi) is 3.55. The van der Waals surface area contributed by atoms with Crippen LogP contribution in [-0.4, -0.2) is 22.3 Å². The van der Waals surface area contributed by atoms with Gasteiger partial charge in [0, 0.05) is 22.5 Å². The van der Waals surface area contributed by atoms with Crippen molar-refractivity contribution in [3.63, 3.8) is 0 Å². The molecule has 0 saturated heterocycles. The number of hydrogen-bond acceptors (Lipinski definition) is 2. The van der Waals surface area contributed by atoms with Gasteiger partial charge in [-0.1, -0.05) is 29.8 Å². The highest BCUT2D eigenvalue weighted by Crippen LogP contribution is 2.52. The largest absolute Gasteiger partial charge is 0.378 e. The van der Waals surface area contributed by atoms with Gasteiger partial charge in [-0.05, 0) is 43.8 Å². The van der Waals surface area contributed by atoms with Gasteiger partial charge < -0.3 is 14.3 Å². The maximum Gasteiger partial charge on any atom is 0.178 e. The highest BCUT2D eigenvalue weighted by atomic mass is 79.9. The maximum atomic E-state index is 5.83. The molecule has 0 bridgehead atoms. The van der Waals surface area contributed by atoms with Gasteiger partial charge in [-0.3, -0.25) is 0 Å². The summed E-state index contributed by atoms with van der Waals surface area (Å²) >= 11 is 9.07. The van der Waals surface area contributed by atoms with E-state index in [9.17, 15) is 0 Å². The van der Waals surface area contributed by atoms with Crippen molar-refractivity contribution in [3.05, 3.63) is 27.4 Å². The van der Waals surface area contributed by atoms with E-state index in [4.69, 9.17) is 17.0 Å². The summed E-state index contributed by atoms with van der Waals surface area (Å²) in [5.74, 6) is 0. The third-order valence-electron chi connectivity index (χ3n) is 4.49. The first-order chi connectivity index (χ1) is 9.45. The molecule has 1 heterocycles. The smallest absolute Gasteiger partial charge is 0.178 e. The summed E-state index contributed by atoms with van der Waals surface area (Å²) < 4.78 is 9.96. The number of aromatic amines is 1. The first-order valence-corrected chi connectivity index (χ1v) is 8.16. The molecule has 1 aliphatic rings. The molecule has 0 spiro atoms. The molecule has 2 aromatic rings. The van der Waals surface area contributed by atoms with Gasteiger partial charge in [0.1, 0.15) is 0 Å². The monoisotopic (exact) mass is 354 g/mol. The van der Waals surface area contributed by atoms with Gasteiger partial charge in [0.2, 0.25) is 0 Å². The molecular weight excluding hydrogens is 336 g/mol. The van der Waals surface area contributed by atoms with Crippen molar-refractivity contribution in [1.82, 2.24) is 9.55 Å². The Morgan fingerprint density at radius 2 is 2.25 bits per heavy atom. The van der Waals surface area contributed by atoms with Crippen molar-refractivity contribution in [2.75, 3.05) is 6.61 Å². The zero-order valence-corrected chi connectivity index (χ0v) is 14.3. The van der Waals surface area contributed by atoms with Gasteiger partial charge in [-0.2, -0.15) is 0 Å². The molecule has 108 valence electrons. The summed E-state index contributed by atoms with van der Waals surface area (Å²) in [4.78, 5) is 3.30. The van der Waals surface area contributed by atoms with Gasteiger partial charge in [0.05, 0.1) is 17.1 Å². The van der Waals surface area contributed by atoms with Gasteiger partial charge in [0.15, 0.2) is 4.77 Å². The zero-order chi connectivity index (χ0) is 14.5. The van der Waals surface area contributed by atoms with Crippen LogP contribution in [0, 0.1) is 10.2 Å². The molecule has 2 atom stereocenters. The highest BCUT2D eigenvalue weighted by Gasteiger charge is 2.50. The average molecular weight is 355 g/mol. The molecule has 20 heavy (non-hydrogen) atoms. The number of halogens is 1. The van der Waals surface area contributed by atoms with Crippen LogP contribution < -0.4 is 0 Å². The standard InChI is InChI=1S/C15H19BrN2OS/c1-4-19-13-8-12(15(13,2)3)18-11-7-9(16)5-6-10(11)17-14(18)20/h5-7,12-13H,4,8H2,1-3H3,(H,17,20). The third-order valence-corrected chi connectivity index (χ3v) is 5.28. The van der Waals surface area contributed by atoms with Crippen LogP contribution in [-0.2, 0) is 4.74 Å². The summed E-state index contributed by atoms with van der Waals surface area (Å²) in [5.41, 5.74) is 2.36. The summed E-state index contributed by atoms with van der Waals surface area (Å²) in [6, 6.07) is 6.62. The van der Waals surface area contributed by atoms with Crippen molar-refractivity contribution in [1.29, 1.82) is 0 Å². The Labute approximate surface area is 132 Å². The zero-order valence-electron chi connectivity index (χ0n) is 11.9. The van der Waals surface area contributed by atoms with Crippen LogP contribution in [0.3, 0.4) is 0 Å². The van der Waals surface area contributed by atoms with E-state index in [1.165, 1.54) is 0 Å². The molecule has 3 rings (SSSR count). The predicted molar refractivity (Wildman–Crippen MR) is 87.7 cm³/mol. The number of hydrogen-bond donors (Lipinski definition) is 1. The fourth-order valence-electron chi connectivity index (χ4n) is 3.19. The Bertz CT molecular complexity index is 703. The maximum absolute atomic E-state index is 5.83. The van der Waals surface area contributed by atoms with Crippen LogP contribution in [0.5, 0.6) is 0 Å². The summed E-state index contributed by atoms with van der Waals surface area (Å²) in [6.07, 6.45) is 1.34. The van der Waals surface area contributed by atoms with Gasteiger partial charge in [-0.15, -0.1) is 0 Å². The van der Waals surface area contributed by atoms with E-state index in [0.717, 1.165) is 33.3 Å². The molecule has 2 unspecified atom stereocenters. The fraction of sp³-hybridized carbons (Fsp3) is 0.533. The molecule has 0 amide bonds. The highest BCUT2D eigenvalue weighted by molar-refractivity contribution is 9.10. The summed E-state index contributed by atoms with van der Waals surface area (Å²) in [5, 5.41) is 0. The molecule has 5 heteroatoms. The van der Waals surface area contributed by atoms with Crippen LogP contribution in [0.15, 0.2) is 22.7 Å². The molecule has 3 nitrogen and oxygen atoms in total. The molecular formula is C15H19BrN2OS. The number of H-pyrrole nitrogens is 1. The first-order valence-electron chi connectivity index (χ1n) is 6.96. The van der Waals surface area contributed by atoms with E-state index in [0.29, 0.717) is 12.1 Å². The van der Waals surface area contributed by atoms with Crippen molar-refractivity contribution >= 4 is 39.2 Å². The van der Waals surface area contributed by atoms with E-state index in [1.807, 2.05) is 6.07 Å². The number of ether oxygens (including phenoxy) is 1. The molecule has 1 aromatic heterocycles. The molecule has 1 aliphatic carbocycles. The van der Waals surface area contributed by atoms with Crippen LogP contribution in [0.25, 0.3) is 11.0 Å². The lowest BCUT2D eigenvalue weighted by atomic mass is 9.64. The predicted octanol–water partition coefficient (Wildman–Crippen LogP) is 4.84. The lowest BCUT2D eigenvalue weighted by Gasteiger charge is -2.52. The number of nitrogens with zero attached hydrogens (tertiary/aromatic N) is 1. The second kappa shape index (κ2) is 4.97. The number of nitrogens with one attached hydrogen (secondary N) is 1. The van der Waals surface area contributed by atoms with E-state index in [-0.39, 0.29) is 5.41 Å². The number of fused-ring (bicyclic) bond motifs is 1. The minimum Gasteiger partial charge on any atom is -0.378 e. The number of rotatable bonds is 3. The minimum absolute atomic E-state index is 0.103. The van der Waals surface area contributed by atoms with E-state index >= 15 is 0 Å². The quantitative estimate of drug-likeness (QED) is 0.799. The summed E-state index contributed by atoms with van der Waals surface area (Å²) in [6.45, 7) is 7.35. The van der Waals surface area contributed by atoms with Crippen LogP contribution >= 0.6 is 28.1 Å². The summed E-state index contributed by atoms with van der Waals surface area (Å²) in [7, 11) is 0. The van der Waals surface area contributed by atoms with Crippen LogP contribution in [0.4, 0.5) is 0 Å². The minimum atomic E-state index is 0.103. The topological polar surface area (TPSA) is 29.9 Å². The molecule has 1 N–H and O–H groups in total. The number of benzene rings is 1. The third kappa shape index (κ3) is 2.07. The van der Waals surface area contributed by atoms with Crippen molar-refractivity contribution in [2.24, 2.45) is 5.41 Å². The van der Waals surface area contributed by atoms with Gasteiger partial charge >= 0.3 is 0 Å².